The molecule has 0 spiro atoms. The molecule has 3 heterocycles. The van der Waals surface area contributed by atoms with Gasteiger partial charge in [0.25, 0.3) is 11.8 Å². The van der Waals surface area contributed by atoms with Crippen LogP contribution >= 0.6 is 0 Å². The average Bonchev–Trinajstić information content (AvgIpc) is 2.99. The van der Waals surface area contributed by atoms with E-state index in [1.807, 2.05) is 6.07 Å². The van der Waals surface area contributed by atoms with Gasteiger partial charge in [0.2, 0.25) is 5.60 Å². The lowest BCUT2D eigenvalue weighted by Crippen LogP contribution is -2.46. The van der Waals surface area contributed by atoms with E-state index in [4.69, 9.17) is 5.73 Å². The zero-order chi connectivity index (χ0) is 21.5. The van der Waals surface area contributed by atoms with Crippen LogP contribution < -0.4 is 10.6 Å². The number of amides is 2. The Morgan fingerprint density at radius 3 is 2.70 bits per heavy atom. The van der Waals surface area contributed by atoms with Crippen molar-refractivity contribution < 1.29 is 14.7 Å². The number of nitrogens with two attached hydrogens (primary N) is 1. The highest BCUT2D eigenvalue weighted by atomic mass is 16.3. The fraction of sp³-hybridized carbons (Fsp3) is 0.364. The van der Waals surface area contributed by atoms with E-state index in [9.17, 15) is 14.7 Å². The molecule has 0 radical (unpaired) electrons. The maximum absolute atomic E-state index is 12.1. The molecule has 3 N–H and O–H groups in total. The largest absolute Gasteiger partial charge is 0.369 e. The maximum Gasteiger partial charge on any atom is 0.267 e. The Balaban J connectivity index is 1.68. The number of nitrogens with zero attached hydrogens (tertiary/aromatic N) is 4. The summed E-state index contributed by atoms with van der Waals surface area (Å²) in [5, 5.41) is 10.5. The van der Waals surface area contributed by atoms with Gasteiger partial charge in [0.05, 0.1) is 0 Å². The molecule has 8 heteroatoms. The summed E-state index contributed by atoms with van der Waals surface area (Å²) in [6.07, 6.45) is 1.34. The number of likely N-dealkylation sites (tertiary alicyclic amines) is 1. The van der Waals surface area contributed by atoms with Crippen molar-refractivity contribution in [3.63, 3.8) is 0 Å². The molecule has 2 atom stereocenters. The fourth-order valence-electron chi connectivity index (χ4n) is 3.57. The number of carbonyl (C=O) groups excluding carboxylic acids is 2. The minimum atomic E-state index is -1.66. The summed E-state index contributed by atoms with van der Waals surface area (Å²) in [6.45, 7) is 3.43. The van der Waals surface area contributed by atoms with Gasteiger partial charge in [-0.15, -0.1) is 0 Å². The highest BCUT2D eigenvalue weighted by Crippen LogP contribution is 2.27. The number of benzene rings is 1. The summed E-state index contributed by atoms with van der Waals surface area (Å²) in [4.78, 5) is 36.4. The lowest BCUT2D eigenvalue weighted by Gasteiger charge is -2.39. The quantitative estimate of drug-likeness (QED) is 0.730. The van der Waals surface area contributed by atoms with E-state index >= 15 is 0 Å². The number of likely N-dealkylation sites (N-methyl/N-ethyl adjacent to an activating group) is 1. The van der Waals surface area contributed by atoms with Gasteiger partial charge in [0.15, 0.2) is 5.82 Å². The van der Waals surface area contributed by atoms with Crippen LogP contribution in [0.5, 0.6) is 0 Å². The number of hydrogen-bond acceptors (Lipinski definition) is 6. The minimum absolute atomic E-state index is 0.152. The molecule has 1 aromatic heterocycles. The molecule has 4 rings (SSSR count). The first-order valence-corrected chi connectivity index (χ1v) is 9.84. The summed E-state index contributed by atoms with van der Waals surface area (Å²) in [5.74, 6) is 5.63. The van der Waals surface area contributed by atoms with E-state index in [-0.39, 0.29) is 12.1 Å². The molecule has 2 aromatic rings. The van der Waals surface area contributed by atoms with Gasteiger partial charge in [0.1, 0.15) is 11.5 Å². The van der Waals surface area contributed by atoms with Crippen molar-refractivity contribution in [3.8, 4) is 23.2 Å². The number of aromatic nitrogens is 2. The molecule has 154 valence electrons. The van der Waals surface area contributed by atoms with Crippen LogP contribution in [0.25, 0.3) is 11.4 Å². The Hall–Kier alpha value is -3.44. The van der Waals surface area contributed by atoms with E-state index in [1.165, 1.54) is 4.90 Å². The zero-order valence-corrected chi connectivity index (χ0v) is 16.9. The van der Waals surface area contributed by atoms with Gasteiger partial charge in [0, 0.05) is 49.8 Å². The van der Waals surface area contributed by atoms with E-state index < -0.39 is 17.4 Å². The first-order chi connectivity index (χ1) is 14.3. The predicted molar refractivity (Wildman–Crippen MR) is 111 cm³/mol. The SMILES string of the molecule is C[C@H]1CCN1c1cc(C(N)=O)nc(-c2cccc(C#C[C@]3(O)CCN(C)C3=O)c2)n1. The minimum Gasteiger partial charge on any atom is -0.369 e. The summed E-state index contributed by atoms with van der Waals surface area (Å²) >= 11 is 0. The molecule has 2 fully saturated rings. The summed E-state index contributed by atoms with van der Waals surface area (Å²) in [7, 11) is 1.64. The molecule has 0 bridgehead atoms. The first kappa shape index (κ1) is 19.9. The van der Waals surface area contributed by atoms with Crippen LogP contribution in [0.3, 0.4) is 0 Å². The summed E-state index contributed by atoms with van der Waals surface area (Å²) in [6, 6.07) is 9.11. The lowest BCUT2D eigenvalue weighted by atomic mass is 10.0. The highest BCUT2D eigenvalue weighted by Gasteiger charge is 2.42. The third-order valence-corrected chi connectivity index (χ3v) is 5.62. The number of primary amides is 1. The van der Waals surface area contributed by atoms with Crippen LogP contribution in [0.1, 0.15) is 35.8 Å². The van der Waals surface area contributed by atoms with Gasteiger partial charge in [-0.05, 0) is 25.5 Å². The Kier molecular flexibility index (Phi) is 4.92. The molecule has 2 amide bonds. The predicted octanol–water partition coefficient (Wildman–Crippen LogP) is 0.786. The third-order valence-electron chi connectivity index (χ3n) is 5.62. The van der Waals surface area contributed by atoms with Crippen molar-refractivity contribution in [2.45, 2.75) is 31.4 Å². The fourth-order valence-corrected chi connectivity index (χ4v) is 3.57. The van der Waals surface area contributed by atoms with Gasteiger partial charge in [-0.2, -0.15) is 0 Å². The molecule has 0 aliphatic carbocycles. The molecule has 0 unspecified atom stereocenters. The maximum atomic E-state index is 12.1. The summed E-state index contributed by atoms with van der Waals surface area (Å²) < 4.78 is 0. The van der Waals surface area contributed by atoms with Crippen LogP contribution in [0.15, 0.2) is 30.3 Å². The van der Waals surface area contributed by atoms with Crippen molar-refractivity contribution in [3.05, 3.63) is 41.6 Å². The molecular weight excluding hydrogens is 382 g/mol. The standard InChI is InChI=1S/C22H23N5O3/c1-14-7-10-27(14)18-13-17(19(23)28)24-20(25-18)16-5-3-4-15(12-16)6-8-22(30)9-11-26(2)21(22)29/h3-5,12-14,30H,7,9-11H2,1-2H3,(H2,23,28)/t14-,22-/m0/s1. The Morgan fingerprint density at radius 1 is 1.30 bits per heavy atom. The van der Waals surface area contributed by atoms with E-state index in [0.29, 0.717) is 35.4 Å². The zero-order valence-electron chi connectivity index (χ0n) is 16.9. The van der Waals surface area contributed by atoms with Crippen molar-refractivity contribution in [1.29, 1.82) is 0 Å². The van der Waals surface area contributed by atoms with E-state index in [0.717, 1.165) is 13.0 Å². The number of hydrogen-bond donors (Lipinski definition) is 2. The van der Waals surface area contributed by atoms with Gasteiger partial charge in [-0.1, -0.05) is 24.0 Å². The molecule has 2 aliphatic heterocycles. The van der Waals surface area contributed by atoms with Crippen LogP contribution in [0.2, 0.25) is 0 Å². The van der Waals surface area contributed by atoms with Crippen LogP contribution in [0, 0.1) is 11.8 Å². The molecule has 0 saturated carbocycles. The van der Waals surface area contributed by atoms with Crippen molar-refractivity contribution in [1.82, 2.24) is 14.9 Å². The second-order valence-electron chi connectivity index (χ2n) is 7.80. The van der Waals surface area contributed by atoms with Gasteiger partial charge in [-0.3, -0.25) is 9.59 Å². The van der Waals surface area contributed by atoms with Gasteiger partial charge < -0.3 is 20.6 Å². The Morgan fingerprint density at radius 2 is 2.10 bits per heavy atom. The van der Waals surface area contributed by atoms with Crippen molar-refractivity contribution in [2.24, 2.45) is 5.73 Å². The number of anilines is 1. The molecular formula is C22H23N5O3. The van der Waals surface area contributed by atoms with Gasteiger partial charge in [-0.25, -0.2) is 9.97 Å². The van der Waals surface area contributed by atoms with Crippen LogP contribution in [-0.4, -0.2) is 63.6 Å². The molecule has 1 aromatic carbocycles. The van der Waals surface area contributed by atoms with Crippen molar-refractivity contribution in [2.75, 3.05) is 25.0 Å². The second-order valence-corrected chi connectivity index (χ2v) is 7.80. The van der Waals surface area contributed by atoms with Crippen LogP contribution in [-0.2, 0) is 4.79 Å². The number of aliphatic hydroxyl groups is 1. The molecule has 2 saturated heterocycles. The summed E-state index contributed by atoms with van der Waals surface area (Å²) in [5.41, 5.74) is 5.24. The Labute approximate surface area is 174 Å². The smallest absolute Gasteiger partial charge is 0.267 e. The van der Waals surface area contributed by atoms with Crippen LogP contribution in [0.4, 0.5) is 5.82 Å². The number of rotatable bonds is 3. The van der Waals surface area contributed by atoms with Crippen molar-refractivity contribution >= 4 is 17.6 Å². The highest BCUT2D eigenvalue weighted by molar-refractivity contribution is 5.92. The topological polar surface area (TPSA) is 113 Å². The molecule has 8 nitrogen and oxygen atoms in total. The number of carbonyl (C=O) groups is 2. The second kappa shape index (κ2) is 7.43. The molecule has 2 aliphatic rings. The third kappa shape index (κ3) is 3.60. The average molecular weight is 405 g/mol. The van der Waals surface area contributed by atoms with E-state index in [1.54, 1.807) is 31.3 Å². The monoisotopic (exact) mass is 405 g/mol. The normalized spacial score (nSPS) is 23.0. The molecule has 30 heavy (non-hydrogen) atoms. The van der Waals surface area contributed by atoms with Gasteiger partial charge >= 0.3 is 0 Å². The first-order valence-electron chi connectivity index (χ1n) is 9.84. The lowest BCUT2D eigenvalue weighted by molar-refractivity contribution is -0.137. The van der Waals surface area contributed by atoms with E-state index in [2.05, 4.69) is 33.6 Å². The Bertz CT molecular complexity index is 1090.